The molecule has 0 saturated heterocycles. The molecule has 0 N–H and O–H groups in total. The van der Waals surface area contributed by atoms with E-state index in [0.717, 1.165) is 23.2 Å². The first-order valence-corrected chi connectivity index (χ1v) is 6.21. The van der Waals surface area contributed by atoms with Gasteiger partial charge in [0.05, 0.1) is 14.2 Å². The average molecular weight is 268 g/mol. The summed E-state index contributed by atoms with van der Waals surface area (Å²) in [6, 6.07) is 13.1. The first-order valence-electron chi connectivity index (χ1n) is 6.21. The first-order chi connectivity index (χ1) is 9.75. The summed E-state index contributed by atoms with van der Waals surface area (Å²) in [6.45, 7) is 0. The highest BCUT2D eigenvalue weighted by molar-refractivity contribution is 5.79. The summed E-state index contributed by atoms with van der Waals surface area (Å²) in [4.78, 5) is 10.9. The van der Waals surface area contributed by atoms with E-state index in [4.69, 9.17) is 9.47 Å². The standard InChI is InChI=1S/C17H16O3/c1-19-16-7-5-13(6-8-16)3-4-14-9-15(12-18)11-17(10-14)20-2/h3-12H,1-2H3/b4-3+. The summed E-state index contributed by atoms with van der Waals surface area (Å²) in [5.41, 5.74) is 2.57. The summed E-state index contributed by atoms with van der Waals surface area (Å²) < 4.78 is 10.3. The van der Waals surface area contributed by atoms with Gasteiger partial charge in [0, 0.05) is 5.56 Å². The second-order valence-electron chi connectivity index (χ2n) is 4.26. The van der Waals surface area contributed by atoms with Gasteiger partial charge in [0.25, 0.3) is 0 Å². The Morgan fingerprint density at radius 1 is 0.750 bits per heavy atom. The summed E-state index contributed by atoms with van der Waals surface area (Å²) >= 11 is 0. The molecule has 0 aliphatic heterocycles. The van der Waals surface area contributed by atoms with Crippen molar-refractivity contribution in [3.8, 4) is 11.5 Å². The normalized spacial score (nSPS) is 10.5. The SMILES string of the molecule is COc1ccc(/C=C/c2cc(C=O)cc(OC)c2)cc1. The van der Waals surface area contributed by atoms with E-state index in [9.17, 15) is 4.79 Å². The van der Waals surface area contributed by atoms with Crippen LogP contribution in [-0.4, -0.2) is 20.5 Å². The number of aldehydes is 1. The zero-order valence-electron chi connectivity index (χ0n) is 11.5. The van der Waals surface area contributed by atoms with Crippen molar-refractivity contribution in [2.24, 2.45) is 0 Å². The smallest absolute Gasteiger partial charge is 0.150 e. The molecule has 0 unspecified atom stereocenters. The third-order valence-corrected chi connectivity index (χ3v) is 2.91. The van der Waals surface area contributed by atoms with Gasteiger partial charge in [-0.2, -0.15) is 0 Å². The Hall–Kier alpha value is -2.55. The second-order valence-corrected chi connectivity index (χ2v) is 4.26. The van der Waals surface area contributed by atoms with Crippen LogP contribution in [0.2, 0.25) is 0 Å². The Kier molecular flexibility index (Phi) is 4.56. The molecule has 0 aliphatic rings. The monoisotopic (exact) mass is 268 g/mol. The topological polar surface area (TPSA) is 35.5 Å². The number of rotatable bonds is 5. The van der Waals surface area contributed by atoms with Crippen LogP contribution in [0.3, 0.4) is 0 Å². The number of hydrogen-bond acceptors (Lipinski definition) is 3. The lowest BCUT2D eigenvalue weighted by Gasteiger charge is -2.03. The third kappa shape index (κ3) is 3.48. The molecule has 0 amide bonds. The highest BCUT2D eigenvalue weighted by Crippen LogP contribution is 2.19. The highest BCUT2D eigenvalue weighted by atomic mass is 16.5. The van der Waals surface area contributed by atoms with Gasteiger partial charge < -0.3 is 9.47 Å². The van der Waals surface area contributed by atoms with Crippen molar-refractivity contribution in [3.05, 3.63) is 59.2 Å². The predicted molar refractivity (Wildman–Crippen MR) is 80.3 cm³/mol. The molecular weight excluding hydrogens is 252 g/mol. The van der Waals surface area contributed by atoms with E-state index in [0.29, 0.717) is 11.3 Å². The third-order valence-electron chi connectivity index (χ3n) is 2.91. The van der Waals surface area contributed by atoms with Gasteiger partial charge in [0.2, 0.25) is 0 Å². The zero-order chi connectivity index (χ0) is 14.4. The quantitative estimate of drug-likeness (QED) is 0.613. The highest BCUT2D eigenvalue weighted by Gasteiger charge is 1.98. The minimum atomic E-state index is 0.596. The van der Waals surface area contributed by atoms with E-state index in [1.54, 1.807) is 20.3 Å². The molecule has 3 heteroatoms. The molecule has 0 bridgehead atoms. The second kappa shape index (κ2) is 6.57. The molecule has 0 spiro atoms. The Labute approximate surface area is 118 Å². The number of carbonyl (C=O) groups is 1. The van der Waals surface area contributed by atoms with Crippen LogP contribution in [-0.2, 0) is 0 Å². The van der Waals surface area contributed by atoms with E-state index >= 15 is 0 Å². The molecule has 20 heavy (non-hydrogen) atoms. The van der Waals surface area contributed by atoms with Gasteiger partial charge in [-0.1, -0.05) is 24.3 Å². The summed E-state index contributed by atoms with van der Waals surface area (Å²) in [6.07, 6.45) is 4.73. The van der Waals surface area contributed by atoms with Crippen LogP contribution in [0.25, 0.3) is 12.2 Å². The Bertz CT molecular complexity index is 613. The van der Waals surface area contributed by atoms with Crippen LogP contribution < -0.4 is 9.47 Å². The molecule has 0 saturated carbocycles. The number of hydrogen-bond donors (Lipinski definition) is 0. The average Bonchev–Trinajstić information content (AvgIpc) is 2.53. The van der Waals surface area contributed by atoms with Crippen LogP contribution in [0.5, 0.6) is 11.5 Å². The molecule has 0 fully saturated rings. The largest absolute Gasteiger partial charge is 0.497 e. The summed E-state index contributed by atoms with van der Waals surface area (Å²) in [5, 5.41) is 0. The minimum Gasteiger partial charge on any atom is -0.497 e. The lowest BCUT2D eigenvalue weighted by Crippen LogP contribution is -1.87. The van der Waals surface area contributed by atoms with Crippen molar-refractivity contribution in [1.29, 1.82) is 0 Å². The number of benzene rings is 2. The molecule has 0 aliphatic carbocycles. The molecule has 102 valence electrons. The van der Waals surface area contributed by atoms with Crippen molar-refractivity contribution in [2.75, 3.05) is 14.2 Å². The van der Waals surface area contributed by atoms with Crippen LogP contribution in [0.15, 0.2) is 42.5 Å². The van der Waals surface area contributed by atoms with E-state index in [2.05, 4.69) is 0 Å². The van der Waals surface area contributed by atoms with Gasteiger partial charge in [0.15, 0.2) is 0 Å². The lowest BCUT2D eigenvalue weighted by atomic mass is 10.1. The summed E-state index contributed by atoms with van der Waals surface area (Å²) in [5.74, 6) is 1.50. The van der Waals surface area contributed by atoms with Gasteiger partial charge in [-0.3, -0.25) is 4.79 Å². The molecule has 2 aromatic rings. The van der Waals surface area contributed by atoms with E-state index < -0.39 is 0 Å². The van der Waals surface area contributed by atoms with Crippen LogP contribution in [0.4, 0.5) is 0 Å². The summed E-state index contributed by atoms with van der Waals surface area (Å²) in [7, 11) is 3.23. The molecule has 2 aromatic carbocycles. The molecule has 3 nitrogen and oxygen atoms in total. The van der Waals surface area contributed by atoms with Crippen molar-refractivity contribution < 1.29 is 14.3 Å². The van der Waals surface area contributed by atoms with E-state index in [1.165, 1.54) is 0 Å². The van der Waals surface area contributed by atoms with Crippen molar-refractivity contribution in [1.82, 2.24) is 0 Å². The first kappa shape index (κ1) is 13.9. The van der Waals surface area contributed by atoms with Crippen molar-refractivity contribution in [2.45, 2.75) is 0 Å². The number of methoxy groups -OCH3 is 2. The van der Waals surface area contributed by atoms with Gasteiger partial charge in [-0.15, -0.1) is 0 Å². The lowest BCUT2D eigenvalue weighted by molar-refractivity contribution is 0.112. The zero-order valence-corrected chi connectivity index (χ0v) is 11.5. The van der Waals surface area contributed by atoms with E-state index in [1.807, 2.05) is 48.6 Å². The van der Waals surface area contributed by atoms with Gasteiger partial charge in [-0.05, 0) is 41.5 Å². The minimum absolute atomic E-state index is 0.596. The Balaban J connectivity index is 2.23. The Morgan fingerprint density at radius 3 is 1.95 bits per heavy atom. The molecule has 0 atom stereocenters. The van der Waals surface area contributed by atoms with E-state index in [-0.39, 0.29) is 0 Å². The predicted octanol–water partition coefficient (Wildman–Crippen LogP) is 3.69. The maximum Gasteiger partial charge on any atom is 0.150 e. The van der Waals surface area contributed by atoms with Gasteiger partial charge >= 0.3 is 0 Å². The van der Waals surface area contributed by atoms with Crippen LogP contribution in [0, 0.1) is 0 Å². The molecule has 2 rings (SSSR count). The molecular formula is C17H16O3. The van der Waals surface area contributed by atoms with Crippen molar-refractivity contribution >= 4 is 18.4 Å². The van der Waals surface area contributed by atoms with Crippen LogP contribution in [0.1, 0.15) is 21.5 Å². The van der Waals surface area contributed by atoms with Crippen molar-refractivity contribution in [3.63, 3.8) is 0 Å². The molecule has 0 radical (unpaired) electrons. The van der Waals surface area contributed by atoms with Crippen LogP contribution >= 0.6 is 0 Å². The maximum atomic E-state index is 10.9. The van der Waals surface area contributed by atoms with Gasteiger partial charge in [-0.25, -0.2) is 0 Å². The fourth-order valence-corrected chi connectivity index (χ4v) is 1.84. The van der Waals surface area contributed by atoms with Gasteiger partial charge in [0.1, 0.15) is 17.8 Å². The molecule has 0 aromatic heterocycles. The fourth-order valence-electron chi connectivity index (χ4n) is 1.84. The fraction of sp³-hybridized carbons (Fsp3) is 0.118. The number of ether oxygens (including phenoxy) is 2. The molecule has 0 heterocycles. The maximum absolute atomic E-state index is 10.9. The Morgan fingerprint density at radius 2 is 1.35 bits per heavy atom. The number of carbonyl (C=O) groups excluding carboxylic acids is 1.